The SMILES string of the molecule is O=[N+]([O-])c1ccc(CNCCNCc2ccc([N+](=O)[O-])cc2)cc1. The van der Waals surface area contributed by atoms with Crippen LogP contribution in [0.1, 0.15) is 11.1 Å². The van der Waals surface area contributed by atoms with Gasteiger partial charge in [-0.15, -0.1) is 0 Å². The van der Waals surface area contributed by atoms with Crippen molar-refractivity contribution >= 4 is 11.4 Å². The monoisotopic (exact) mass is 330 g/mol. The van der Waals surface area contributed by atoms with Crippen LogP contribution in [0.25, 0.3) is 0 Å². The fourth-order valence-corrected chi connectivity index (χ4v) is 2.11. The normalized spacial score (nSPS) is 10.5. The topological polar surface area (TPSA) is 110 Å². The standard InChI is InChI=1S/C16H18N4O4/c21-19(22)15-5-1-13(2-6-15)11-17-9-10-18-12-14-3-7-16(8-4-14)20(23)24/h1-8,17-18H,9-12H2. The van der Waals surface area contributed by atoms with Gasteiger partial charge in [-0.1, -0.05) is 24.3 Å². The minimum atomic E-state index is -0.417. The number of hydrogen-bond acceptors (Lipinski definition) is 6. The van der Waals surface area contributed by atoms with Crippen LogP contribution >= 0.6 is 0 Å². The van der Waals surface area contributed by atoms with Gasteiger partial charge in [-0.25, -0.2) is 0 Å². The Morgan fingerprint density at radius 2 is 1.00 bits per heavy atom. The maximum Gasteiger partial charge on any atom is 0.269 e. The molecule has 0 spiro atoms. The van der Waals surface area contributed by atoms with Crippen LogP contribution in [-0.4, -0.2) is 22.9 Å². The summed E-state index contributed by atoms with van der Waals surface area (Å²) in [6, 6.07) is 12.9. The van der Waals surface area contributed by atoms with Crippen LogP contribution in [0.3, 0.4) is 0 Å². The second-order valence-electron chi connectivity index (χ2n) is 5.20. The highest BCUT2D eigenvalue weighted by molar-refractivity contribution is 5.33. The summed E-state index contributed by atoms with van der Waals surface area (Å²) in [4.78, 5) is 20.3. The van der Waals surface area contributed by atoms with Crippen molar-refractivity contribution in [3.05, 3.63) is 79.9 Å². The van der Waals surface area contributed by atoms with E-state index in [9.17, 15) is 20.2 Å². The van der Waals surface area contributed by atoms with Crippen molar-refractivity contribution in [2.45, 2.75) is 13.1 Å². The number of rotatable bonds is 9. The summed E-state index contributed by atoms with van der Waals surface area (Å²) in [5.74, 6) is 0. The fourth-order valence-electron chi connectivity index (χ4n) is 2.11. The quantitative estimate of drug-likeness (QED) is 0.415. The van der Waals surface area contributed by atoms with Gasteiger partial charge < -0.3 is 10.6 Å². The highest BCUT2D eigenvalue weighted by Crippen LogP contribution is 2.12. The van der Waals surface area contributed by atoms with E-state index < -0.39 is 9.85 Å². The van der Waals surface area contributed by atoms with E-state index in [1.54, 1.807) is 24.3 Å². The summed E-state index contributed by atoms with van der Waals surface area (Å²) in [5, 5.41) is 27.6. The van der Waals surface area contributed by atoms with Gasteiger partial charge >= 0.3 is 0 Å². The van der Waals surface area contributed by atoms with E-state index in [1.165, 1.54) is 24.3 Å². The van der Waals surface area contributed by atoms with Crippen LogP contribution in [-0.2, 0) is 13.1 Å². The van der Waals surface area contributed by atoms with Gasteiger partial charge in [0, 0.05) is 50.4 Å². The summed E-state index contributed by atoms with van der Waals surface area (Å²) < 4.78 is 0. The highest BCUT2D eigenvalue weighted by Gasteiger charge is 2.04. The zero-order valence-electron chi connectivity index (χ0n) is 13.0. The second kappa shape index (κ2) is 8.70. The number of nitro benzene ring substituents is 2. The number of nitrogens with zero attached hydrogens (tertiary/aromatic N) is 2. The number of benzene rings is 2. The summed E-state index contributed by atoms with van der Waals surface area (Å²) in [6.07, 6.45) is 0. The lowest BCUT2D eigenvalue weighted by Crippen LogP contribution is -2.26. The van der Waals surface area contributed by atoms with Gasteiger partial charge in [-0.3, -0.25) is 20.2 Å². The van der Waals surface area contributed by atoms with Gasteiger partial charge in [0.1, 0.15) is 0 Å². The Morgan fingerprint density at radius 3 is 1.29 bits per heavy atom. The smallest absolute Gasteiger partial charge is 0.269 e. The van der Waals surface area contributed by atoms with Gasteiger partial charge in [-0.2, -0.15) is 0 Å². The first kappa shape index (κ1) is 17.5. The van der Waals surface area contributed by atoms with Crippen molar-refractivity contribution in [2.75, 3.05) is 13.1 Å². The van der Waals surface area contributed by atoms with Crippen molar-refractivity contribution in [1.29, 1.82) is 0 Å². The molecule has 0 aliphatic rings. The summed E-state index contributed by atoms with van der Waals surface area (Å²) in [5.41, 5.74) is 2.14. The van der Waals surface area contributed by atoms with Crippen molar-refractivity contribution in [3.63, 3.8) is 0 Å². The zero-order chi connectivity index (χ0) is 17.4. The second-order valence-corrected chi connectivity index (χ2v) is 5.20. The molecule has 0 fully saturated rings. The molecule has 0 bridgehead atoms. The van der Waals surface area contributed by atoms with E-state index in [1.807, 2.05) is 0 Å². The predicted molar refractivity (Wildman–Crippen MR) is 89.6 cm³/mol. The van der Waals surface area contributed by atoms with Crippen molar-refractivity contribution in [1.82, 2.24) is 10.6 Å². The molecule has 2 aromatic rings. The maximum atomic E-state index is 10.6. The molecular weight excluding hydrogens is 312 g/mol. The molecule has 0 unspecified atom stereocenters. The molecule has 24 heavy (non-hydrogen) atoms. The molecule has 0 atom stereocenters. The Balaban J connectivity index is 1.62. The van der Waals surface area contributed by atoms with E-state index in [4.69, 9.17) is 0 Å². The average molecular weight is 330 g/mol. The fraction of sp³-hybridized carbons (Fsp3) is 0.250. The van der Waals surface area contributed by atoms with Gasteiger partial charge in [0.05, 0.1) is 9.85 Å². The number of nitrogens with one attached hydrogen (secondary N) is 2. The maximum absolute atomic E-state index is 10.6. The molecule has 0 aliphatic heterocycles. The molecule has 0 heterocycles. The Hall–Kier alpha value is -2.84. The number of nitro groups is 2. The Kier molecular flexibility index (Phi) is 6.35. The van der Waals surface area contributed by atoms with E-state index in [0.29, 0.717) is 13.1 Å². The minimum absolute atomic E-state index is 0.0866. The molecule has 8 heteroatoms. The molecule has 126 valence electrons. The highest BCUT2D eigenvalue weighted by atomic mass is 16.6. The lowest BCUT2D eigenvalue weighted by atomic mass is 10.2. The van der Waals surface area contributed by atoms with Gasteiger partial charge in [-0.05, 0) is 11.1 Å². The molecule has 0 saturated heterocycles. The van der Waals surface area contributed by atoms with Crippen molar-refractivity contribution < 1.29 is 9.85 Å². The lowest BCUT2D eigenvalue weighted by Gasteiger charge is -2.07. The first-order chi connectivity index (χ1) is 11.6. The molecule has 0 aromatic heterocycles. The Morgan fingerprint density at radius 1 is 0.667 bits per heavy atom. The third-order valence-electron chi connectivity index (χ3n) is 3.43. The van der Waals surface area contributed by atoms with Gasteiger partial charge in [0.2, 0.25) is 0 Å². The summed E-state index contributed by atoms with van der Waals surface area (Å²) in [7, 11) is 0. The molecule has 0 aliphatic carbocycles. The third-order valence-corrected chi connectivity index (χ3v) is 3.43. The number of non-ortho nitro benzene ring substituents is 2. The van der Waals surface area contributed by atoms with E-state index in [0.717, 1.165) is 24.2 Å². The van der Waals surface area contributed by atoms with Crippen LogP contribution in [0, 0.1) is 20.2 Å². The first-order valence-corrected chi connectivity index (χ1v) is 7.44. The Labute approximate surface area is 138 Å². The molecule has 0 saturated carbocycles. The van der Waals surface area contributed by atoms with Crippen LogP contribution in [0.15, 0.2) is 48.5 Å². The van der Waals surface area contributed by atoms with E-state index >= 15 is 0 Å². The van der Waals surface area contributed by atoms with Crippen LogP contribution in [0.4, 0.5) is 11.4 Å². The predicted octanol–water partition coefficient (Wildman–Crippen LogP) is 2.38. The molecule has 8 nitrogen and oxygen atoms in total. The van der Waals surface area contributed by atoms with Crippen LogP contribution in [0.2, 0.25) is 0 Å². The molecular formula is C16H18N4O4. The third kappa shape index (κ3) is 5.41. The summed E-state index contributed by atoms with van der Waals surface area (Å²) >= 11 is 0. The average Bonchev–Trinajstić information content (AvgIpc) is 2.58. The van der Waals surface area contributed by atoms with Crippen LogP contribution < -0.4 is 10.6 Å². The molecule has 2 aromatic carbocycles. The molecule has 2 N–H and O–H groups in total. The molecule has 2 rings (SSSR count). The lowest BCUT2D eigenvalue weighted by molar-refractivity contribution is -0.385. The van der Waals surface area contributed by atoms with E-state index in [2.05, 4.69) is 10.6 Å². The van der Waals surface area contributed by atoms with Crippen molar-refractivity contribution in [3.8, 4) is 0 Å². The zero-order valence-corrected chi connectivity index (χ0v) is 13.0. The molecule has 0 amide bonds. The van der Waals surface area contributed by atoms with Gasteiger partial charge in [0.15, 0.2) is 0 Å². The summed E-state index contributed by atoms with van der Waals surface area (Å²) in [6.45, 7) is 2.75. The van der Waals surface area contributed by atoms with Gasteiger partial charge in [0.25, 0.3) is 11.4 Å². The first-order valence-electron chi connectivity index (χ1n) is 7.44. The van der Waals surface area contributed by atoms with Crippen LogP contribution in [0.5, 0.6) is 0 Å². The molecule has 0 radical (unpaired) electrons. The minimum Gasteiger partial charge on any atom is -0.311 e. The largest absolute Gasteiger partial charge is 0.311 e. The number of hydrogen-bond donors (Lipinski definition) is 2. The Bertz CT molecular complexity index is 625. The van der Waals surface area contributed by atoms with Crippen molar-refractivity contribution in [2.24, 2.45) is 0 Å². The van der Waals surface area contributed by atoms with E-state index in [-0.39, 0.29) is 11.4 Å².